The van der Waals surface area contributed by atoms with Gasteiger partial charge in [-0.1, -0.05) is 23.7 Å². The molecule has 0 saturated heterocycles. The monoisotopic (exact) mass is 259 g/mol. The number of hydrogen-bond donors (Lipinski definition) is 2. The Kier molecular flexibility index (Phi) is 6.88. The molecule has 0 bridgehead atoms. The van der Waals surface area contributed by atoms with Gasteiger partial charge in [-0.2, -0.15) is 11.8 Å². The first-order valence-corrected chi connectivity index (χ1v) is 7.11. The minimum absolute atomic E-state index is 0.235. The summed E-state index contributed by atoms with van der Waals surface area (Å²) >= 11 is 7.61. The summed E-state index contributed by atoms with van der Waals surface area (Å²) in [5.41, 5.74) is 1.22. The van der Waals surface area contributed by atoms with Crippen LogP contribution in [-0.2, 0) is 6.54 Å². The van der Waals surface area contributed by atoms with E-state index < -0.39 is 0 Å². The van der Waals surface area contributed by atoms with Crippen LogP contribution in [0.25, 0.3) is 0 Å². The highest BCUT2D eigenvalue weighted by Gasteiger charge is 2.06. The minimum Gasteiger partial charge on any atom is -0.396 e. The molecule has 0 aliphatic rings. The highest BCUT2D eigenvalue weighted by atomic mass is 35.5. The van der Waals surface area contributed by atoms with Gasteiger partial charge in [0, 0.05) is 30.0 Å². The van der Waals surface area contributed by atoms with Crippen LogP contribution < -0.4 is 5.32 Å². The molecule has 4 heteroatoms. The lowest BCUT2D eigenvalue weighted by Crippen LogP contribution is -2.31. The van der Waals surface area contributed by atoms with Crippen molar-refractivity contribution in [3.63, 3.8) is 0 Å². The van der Waals surface area contributed by atoms with E-state index in [-0.39, 0.29) is 6.61 Å². The van der Waals surface area contributed by atoms with Crippen LogP contribution in [0.1, 0.15) is 12.0 Å². The van der Waals surface area contributed by atoms with Gasteiger partial charge in [0.1, 0.15) is 0 Å². The first-order chi connectivity index (χ1) is 7.76. The molecule has 0 fully saturated rings. The van der Waals surface area contributed by atoms with Crippen LogP contribution in [0.4, 0.5) is 0 Å². The van der Waals surface area contributed by atoms with Crippen molar-refractivity contribution in [3.05, 3.63) is 34.9 Å². The molecule has 90 valence electrons. The molecule has 0 saturated carbocycles. The van der Waals surface area contributed by atoms with Gasteiger partial charge in [-0.15, -0.1) is 0 Å². The van der Waals surface area contributed by atoms with Crippen LogP contribution in [0, 0.1) is 0 Å². The number of rotatable bonds is 7. The molecule has 0 aliphatic carbocycles. The van der Waals surface area contributed by atoms with Crippen LogP contribution in [0.3, 0.4) is 0 Å². The van der Waals surface area contributed by atoms with Crippen molar-refractivity contribution in [2.75, 3.05) is 18.6 Å². The lowest BCUT2D eigenvalue weighted by molar-refractivity contribution is 0.270. The third-order valence-corrected chi connectivity index (χ3v) is 3.34. The van der Waals surface area contributed by atoms with Crippen molar-refractivity contribution in [1.82, 2.24) is 5.32 Å². The fraction of sp³-hybridized carbons (Fsp3) is 0.500. The standard InChI is InChI=1S/C12H18ClNOS/c1-16-9-12(6-7-15)14-8-10-2-4-11(13)5-3-10/h2-5,12,14-15H,6-9H2,1H3. The van der Waals surface area contributed by atoms with E-state index in [1.54, 1.807) is 11.8 Å². The van der Waals surface area contributed by atoms with E-state index in [1.807, 2.05) is 24.3 Å². The fourth-order valence-corrected chi connectivity index (χ4v) is 2.28. The van der Waals surface area contributed by atoms with E-state index in [1.165, 1.54) is 5.56 Å². The van der Waals surface area contributed by atoms with Crippen LogP contribution >= 0.6 is 23.4 Å². The zero-order valence-corrected chi connectivity index (χ0v) is 11.0. The third-order valence-electron chi connectivity index (χ3n) is 2.35. The number of aliphatic hydroxyl groups excluding tert-OH is 1. The lowest BCUT2D eigenvalue weighted by atomic mass is 10.2. The smallest absolute Gasteiger partial charge is 0.0446 e. The van der Waals surface area contributed by atoms with Crippen molar-refractivity contribution < 1.29 is 5.11 Å². The zero-order valence-electron chi connectivity index (χ0n) is 9.45. The van der Waals surface area contributed by atoms with Crippen molar-refractivity contribution in [1.29, 1.82) is 0 Å². The second kappa shape index (κ2) is 7.96. The maximum absolute atomic E-state index is 8.93. The SMILES string of the molecule is CSCC(CCO)NCc1ccc(Cl)cc1. The van der Waals surface area contributed by atoms with Crippen LogP contribution in [-0.4, -0.2) is 29.8 Å². The summed E-state index contributed by atoms with van der Waals surface area (Å²) in [6.07, 6.45) is 2.88. The van der Waals surface area contributed by atoms with Crippen molar-refractivity contribution >= 4 is 23.4 Å². The molecular weight excluding hydrogens is 242 g/mol. The summed E-state index contributed by atoms with van der Waals surface area (Å²) in [5, 5.41) is 13.1. The molecular formula is C12H18ClNOS. The predicted molar refractivity (Wildman–Crippen MR) is 72.2 cm³/mol. The molecule has 0 spiro atoms. The molecule has 0 radical (unpaired) electrons. The Hall–Kier alpha value is -0.220. The molecule has 2 N–H and O–H groups in total. The van der Waals surface area contributed by atoms with Gasteiger partial charge in [-0.3, -0.25) is 0 Å². The van der Waals surface area contributed by atoms with Gasteiger partial charge in [0.2, 0.25) is 0 Å². The topological polar surface area (TPSA) is 32.3 Å². The van der Waals surface area contributed by atoms with E-state index >= 15 is 0 Å². The number of nitrogens with one attached hydrogen (secondary N) is 1. The molecule has 0 amide bonds. The molecule has 1 atom stereocenters. The normalized spacial score (nSPS) is 12.7. The van der Waals surface area contributed by atoms with Crippen LogP contribution in [0.2, 0.25) is 5.02 Å². The number of thioether (sulfide) groups is 1. The Morgan fingerprint density at radius 2 is 2.06 bits per heavy atom. The quantitative estimate of drug-likeness (QED) is 0.789. The van der Waals surface area contributed by atoms with Crippen LogP contribution in [0.5, 0.6) is 0 Å². The van der Waals surface area contributed by atoms with Gasteiger partial charge in [0.15, 0.2) is 0 Å². The molecule has 0 aliphatic heterocycles. The van der Waals surface area contributed by atoms with Crippen molar-refractivity contribution in [2.45, 2.75) is 19.0 Å². The number of benzene rings is 1. The molecule has 0 heterocycles. The molecule has 1 aromatic rings. The van der Waals surface area contributed by atoms with E-state index in [2.05, 4.69) is 11.6 Å². The van der Waals surface area contributed by atoms with Crippen LogP contribution in [0.15, 0.2) is 24.3 Å². The summed E-state index contributed by atoms with van der Waals surface area (Å²) in [4.78, 5) is 0. The molecule has 1 aromatic carbocycles. The van der Waals surface area contributed by atoms with Gasteiger partial charge >= 0.3 is 0 Å². The van der Waals surface area contributed by atoms with E-state index in [9.17, 15) is 0 Å². The van der Waals surface area contributed by atoms with Crippen molar-refractivity contribution in [2.24, 2.45) is 0 Å². The van der Waals surface area contributed by atoms with Gasteiger partial charge in [0.05, 0.1) is 0 Å². The average Bonchev–Trinajstić information content (AvgIpc) is 2.29. The first-order valence-electron chi connectivity index (χ1n) is 5.34. The third kappa shape index (κ3) is 5.21. The second-order valence-electron chi connectivity index (χ2n) is 3.67. The van der Waals surface area contributed by atoms with E-state index in [0.717, 1.165) is 23.7 Å². The number of hydrogen-bond acceptors (Lipinski definition) is 3. The van der Waals surface area contributed by atoms with E-state index in [0.29, 0.717) is 6.04 Å². The highest BCUT2D eigenvalue weighted by molar-refractivity contribution is 7.98. The average molecular weight is 260 g/mol. The maximum atomic E-state index is 8.93. The molecule has 16 heavy (non-hydrogen) atoms. The summed E-state index contributed by atoms with van der Waals surface area (Å²) in [7, 11) is 0. The highest BCUT2D eigenvalue weighted by Crippen LogP contribution is 2.10. The summed E-state index contributed by atoms with van der Waals surface area (Å²) in [6.45, 7) is 1.06. The van der Waals surface area contributed by atoms with Crippen molar-refractivity contribution in [3.8, 4) is 0 Å². The first kappa shape index (κ1) is 13.8. The Balaban J connectivity index is 2.38. The van der Waals surface area contributed by atoms with E-state index in [4.69, 9.17) is 16.7 Å². The molecule has 1 rings (SSSR count). The predicted octanol–water partition coefficient (Wildman–Crippen LogP) is 2.54. The Morgan fingerprint density at radius 3 is 2.62 bits per heavy atom. The molecule has 0 aromatic heterocycles. The van der Waals surface area contributed by atoms with Gasteiger partial charge in [-0.25, -0.2) is 0 Å². The molecule has 2 nitrogen and oxygen atoms in total. The minimum atomic E-state index is 0.235. The van der Waals surface area contributed by atoms with Gasteiger partial charge < -0.3 is 10.4 Å². The summed E-state index contributed by atoms with van der Waals surface area (Å²) in [5.74, 6) is 1.02. The second-order valence-corrected chi connectivity index (χ2v) is 5.02. The zero-order chi connectivity index (χ0) is 11.8. The Labute approximate surface area is 106 Å². The lowest BCUT2D eigenvalue weighted by Gasteiger charge is -2.16. The molecule has 1 unspecified atom stereocenters. The number of aliphatic hydroxyl groups is 1. The summed E-state index contributed by atoms with van der Waals surface area (Å²) < 4.78 is 0. The Morgan fingerprint density at radius 1 is 1.38 bits per heavy atom. The summed E-state index contributed by atoms with van der Waals surface area (Å²) in [6, 6.07) is 8.20. The van der Waals surface area contributed by atoms with Gasteiger partial charge in [-0.05, 0) is 30.4 Å². The number of halogens is 1. The largest absolute Gasteiger partial charge is 0.396 e. The maximum Gasteiger partial charge on any atom is 0.0446 e. The fourth-order valence-electron chi connectivity index (χ4n) is 1.47. The Bertz CT molecular complexity index is 286. The van der Waals surface area contributed by atoms with Gasteiger partial charge in [0.25, 0.3) is 0 Å².